The number of esters is 1. The summed E-state index contributed by atoms with van der Waals surface area (Å²) in [5, 5.41) is 2.78. The summed E-state index contributed by atoms with van der Waals surface area (Å²) in [7, 11) is 1.50. The molecule has 0 saturated carbocycles. The Morgan fingerprint density at radius 3 is 2.55 bits per heavy atom. The number of carbonyl (C=O) groups is 3. The first-order valence-electron chi connectivity index (χ1n) is 11.2. The van der Waals surface area contributed by atoms with Gasteiger partial charge < -0.3 is 19.5 Å². The molecule has 1 aliphatic rings. The first-order valence-corrected chi connectivity index (χ1v) is 11.2. The van der Waals surface area contributed by atoms with Gasteiger partial charge in [0.2, 0.25) is 0 Å². The van der Waals surface area contributed by atoms with Gasteiger partial charge >= 0.3 is 5.97 Å². The third-order valence-corrected chi connectivity index (χ3v) is 5.18. The highest BCUT2D eigenvalue weighted by Gasteiger charge is 2.23. The van der Waals surface area contributed by atoms with Crippen LogP contribution in [-0.2, 0) is 20.7 Å². The molecule has 0 spiro atoms. The number of cyclic esters (lactones) is 1. The van der Waals surface area contributed by atoms with E-state index in [9.17, 15) is 14.4 Å². The lowest BCUT2D eigenvalue weighted by molar-refractivity contribution is -0.123. The summed E-state index contributed by atoms with van der Waals surface area (Å²) in [6, 6.07) is 3.43. The average molecular weight is 434 g/mol. The quantitative estimate of drug-likeness (QED) is 0.706. The van der Waals surface area contributed by atoms with Crippen molar-refractivity contribution in [3.05, 3.63) is 23.3 Å². The molecule has 0 aliphatic carbocycles. The van der Waals surface area contributed by atoms with E-state index in [-0.39, 0.29) is 30.4 Å². The van der Waals surface area contributed by atoms with Gasteiger partial charge in [0.1, 0.15) is 22.8 Å². The van der Waals surface area contributed by atoms with Crippen LogP contribution in [-0.4, -0.2) is 43.5 Å². The van der Waals surface area contributed by atoms with Gasteiger partial charge in [-0.3, -0.25) is 9.59 Å². The average Bonchev–Trinajstić information content (AvgIpc) is 2.70. The molecule has 1 aromatic carbocycles. The van der Waals surface area contributed by atoms with Crippen LogP contribution in [0.5, 0.6) is 11.5 Å². The molecule has 1 atom stereocenters. The van der Waals surface area contributed by atoms with Gasteiger partial charge in [0.05, 0.1) is 13.2 Å². The Bertz CT molecular complexity index is 774. The molecule has 0 unspecified atom stereocenters. The zero-order valence-electron chi connectivity index (χ0n) is 19.1. The highest BCUT2D eigenvalue weighted by molar-refractivity contribution is 5.94. The van der Waals surface area contributed by atoms with Crippen LogP contribution in [0.4, 0.5) is 0 Å². The third kappa shape index (κ3) is 8.23. The monoisotopic (exact) mass is 433 g/mol. The van der Waals surface area contributed by atoms with Gasteiger partial charge in [-0.05, 0) is 64.5 Å². The highest BCUT2D eigenvalue weighted by atomic mass is 16.5. The molecule has 0 fully saturated rings. The predicted molar refractivity (Wildman–Crippen MR) is 118 cm³/mol. The number of aryl methyl sites for hydroxylation is 1. The molecule has 31 heavy (non-hydrogen) atoms. The van der Waals surface area contributed by atoms with E-state index in [1.807, 2.05) is 20.8 Å². The van der Waals surface area contributed by atoms with Crippen LogP contribution >= 0.6 is 0 Å². The van der Waals surface area contributed by atoms with Crippen molar-refractivity contribution in [1.82, 2.24) is 5.32 Å². The standard InChI is InChI=1S/C24H35NO6/c1-16(2)25-22(27)15-30-20-13-18-10-6-5-7-11-19(26)12-8-9-17(3)31-24(28)23(18)21(14-20)29-4/h13-14,16-17H,5-12,15H2,1-4H3,(H,25,27)/t17-/m1/s1. The minimum atomic E-state index is -0.438. The number of fused-ring (bicyclic) bond motifs is 1. The van der Waals surface area contributed by atoms with Crippen molar-refractivity contribution in [1.29, 1.82) is 0 Å². The smallest absolute Gasteiger partial charge is 0.342 e. The second kappa shape index (κ2) is 12.3. The molecule has 0 saturated heterocycles. The zero-order chi connectivity index (χ0) is 22.8. The number of hydrogen-bond acceptors (Lipinski definition) is 6. The van der Waals surface area contributed by atoms with Crippen LogP contribution in [0.1, 0.15) is 81.6 Å². The normalized spacial score (nSPS) is 18.5. The largest absolute Gasteiger partial charge is 0.496 e. The Hall–Kier alpha value is -2.57. The molecular weight excluding hydrogens is 398 g/mol. The number of Topliss-reactive ketones (excluding diaryl/α,β-unsaturated/α-hetero) is 1. The molecule has 1 amide bonds. The Balaban J connectivity index is 2.26. The molecule has 7 heteroatoms. The van der Waals surface area contributed by atoms with Crippen LogP contribution in [0, 0.1) is 0 Å². The lowest BCUT2D eigenvalue weighted by Gasteiger charge is -2.19. The minimum Gasteiger partial charge on any atom is -0.496 e. The number of benzene rings is 1. The van der Waals surface area contributed by atoms with E-state index in [1.54, 1.807) is 12.1 Å². The van der Waals surface area contributed by atoms with Gasteiger partial charge in [0, 0.05) is 24.9 Å². The second-order valence-corrected chi connectivity index (χ2v) is 8.38. The van der Waals surface area contributed by atoms with Gasteiger partial charge in [-0.15, -0.1) is 0 Å². The summed E-state index contributed by atoms with van der Waals surface area (Å²) in [6.07, 6.45) is 5.37. The zero-order valence-corrected chi connectivity index (χ0v) is 19.1. The molecule has 0 radical (unpaired) electrons. The van der Waals surface area contributed by atoms with Crippen LogP contribution in [0.25, 0.3) is 0 Å². The van der Waals surface area contributed by atoms with Crippen LogP contribution in [0.15, 0.2) is 12.1 Å². The number of ether oxygens (including phenoxy) is 3. The van der Waals surface area contributed by atoms with Crippen molar-refractivity contribution in [2.24, 2.45) is 0 Å². The molecule has 1 aliphatic heterocycles. The van der Waals surface area contributed by atoms with E-state index in [0.29, 0.717) is 49.2 Å². The minimum absolute atomic E-state index is 0.0269. The fraction of sp³-hybridized carbons (Fsp3) is 0.625. The Morgan fingerprint density at radius 2 is 1.84 bits per heavy atom. The lowest BCUT2D eigenvalue weighted by atomic mass is 9.98. The van der Waals surface area contributed by atoms with Crippen molar-refractivity contribution >= 4 is 17.7 Å². The number of carbonyl (C=O) groups excluding carboxylic acids is 3. The molecule has 2 rings (SSSR count). The van der Waals surface area contributed by atoms with E-state index in [1.165, 1.54) is 7.11 Å². The molecule has 172 valence electrons. The van der Waals surface area contributed by atoms with Crippen LogP contribution in [0.3, 0.4) is 0 Å². The predicted octanol–water partition coefficient (Wildman–Crippen LogP) is 4.00. The van der Waals surface area contributed by atoms with Gasteiger partial charge in [0.25, 0.3) is 5.91 Å². The number of ketones is 1. The van der Waals surface area contributed by atoms with Gasteiger partial charge in [-0.1, -0.05) is 6.42 Å². The number of methoxy groups -OCH3 is 1. The summed E-state index contributed by atoms with van der Waals surface area (Å²) < 4.78 is 16.8. The number of nitrogens with one attached hydrogen (secondary N) is 1. The third-order valence-electron chi connectivity index (χ3n) is 5.18. The lowest BCUT2D eigenvalue weighted by Crippen LogP contribution is -2.34. The summed E-state index contributed by atoms with van der Waals surface area (Å²) >= 11 is 0. The first kappa shape index (κ1) is 24.7. The van der Waals surface area contributed by atoms with E-state index in [4.69, 9.17) is 14.2 Å². The van der Waals surface area contributed by atoms with E-state index < -0.39 is 5.97 Å². The van der Waals surface area contributed by atoms with E-state index >= 15 is 0 Å². The van der Waals surface area contributed by atoms with Crippen molar-refractivity contribution in [2.45, 2.75) is 84.3 Å². The summed E-state index contributed by atoms with van der Waals surface area (Å²) in [5.41, 5.74) is 1.17. The highest BCUT2D eigenvalue weighted by Crippen LogP contribution is 2.31. The molecule has 0 aromatic heterocycles. The fourth-order valence-corrected chi connectivity index (χ4v) is 3.66. The molecule has 1 N–H and O–H groups in total. The van der Waals surface area contributed by atoms with Gasteiger partial charge in [-0.2, -0.15) is 0 Å². The second-order valence-electron chi connectivity index (χ2n) is 8.38. The van der Waals surface area contributed by atoms with Crippen LogP contribution < -0.4 is 14.8 Å². The van der Waals surface area contributed by atoms with Crippen molar-refractivity contribution < 1.29 is 28.6 Å². The van der Waals surface area contributed by atoms with Crippen molar-refractivity contribution in [2.75, 3.05) is 13.7 Å². The van der Waals surface area contributed by atoms with Gasteiger partial charge in [0.15, 0.2) is 6.61 Å². The topological polar surface area (TPSA) is 90.9 Å². The Kier molecular flexibility index (Phi) is 9.82. The SMILES string of the molecule is COc1cc(OCC(=O)NC(C)C)cc2c1C(=O)O[C@H](C)CCCC(=O)CCCCC2. The molecule has 1 heterocycles. The van der Waals surface area contributed by atoms with E-state index in [0.717, 1.165) is 24.8 Å². The summed E-state index contributed by atoms with van der Waals surface area (Å²) in [6.45, 7) is 5.48. The Labute approximate surface area is 184 Å². The molecular formula is C24H35NO6. The van der Waals surface area contributed by atoms with Crippen molar-refractivity contribution in [3.63, 3.8) is 0 Å². The summed E-state index contributed by atoms with van der Waals surface area (Å²) in [5.74, 6) is 0.453. The van der Waals surface area contributed by atoms with Crippen LogP contribution in [0.2, 0.25) is 0 Å². The molecule has 0 bridgehead atoms. The molecule has 7 nitrogen and oxygen atoms in total. The molecule has 1 aromatic rings. The maximum Gasteiger partial charge on any atom is 0.342 e. The Morgan fingerprint density at radius 1 is 1.13 bits per heavy atom. The maximum absolute atomic E-state index is 13.0. The van der Waals surface area contributed by atoms with E-state index in [2.05, 4.69) is 5.32 Å². The van der Waals surface area contributed by atoms with Crippen molar-refractivity contribution in [3.8, 4) is 11.5 Å². The van der Waals surface area contributed by atoms with Gasteiger partial charge in [-0.25, -0.2) is 4.79 Å². The summed E-state index contributed by atoms with van der Waals surface area (Å²) in [4.78, 5) is 36.9. The fourth-order valence-electron chi connectivity index (χ4n) is 3.66. The maximum atomic E-state index is 13.0. The number of amides is 1. The first-order chi connectivity index (χ1) is 14.8. The number of rotatable bonds is 5. The number of hydrogen-bond donors (Lipinski definition) is 1.